The summed E-state index contributed by atoms with van der Waals surface area (Å²) in [4.78, 5) is 26.8. The van der Waals surface area contributed by atoms with Crippen LogP contribution in [0, 0.1) is 5.82 Å². The van der Waals surface area contributed by atoms with Gasteiger partial charge >= 0.3 is 0 Å². The van der Waals surface area contributed by atoms with Crippen molar-refractivity contribution in [1.82, 2.24) is 20.4 Å². The van der Waals surface area contributed by atoms with Gasteiger partial charge in [-0.2, -0.15) is 5.10 Å². The van der Waals surface area contributed by atoms with Crippen molar-refractivity contribution in [3.05, 3.63) is 88.5 Å². The standard InChI is InChI=1S/C21H19FN4O2/c22-17-9-5-4-8-15(17)21(28)26-11-10-18-16(13-26)19(25-24-18)20(27)23-12-14-6-2-1-3-7-14/h1-9H,10-13H2,(H,23,27)(H,24,25). The number of carbonyl (C=O) groups is 2. The molecule has 0 saturated carbocycles. The average molecular weight is 378 g/mol. The highest BCUT2D eigenvalue weighted by atomic mass is 19.1. The van der Waals surface area contributed by atoms with Crippen molar-refractivity contribution in [2.24, 2.45) is 0 Å². The molecule has 0 aliphatic carbocycles. The molecule has 0 atom stereocenters. The minimum atomic E-state index is -0.550. The first kappa shape index (κ1) is 17.9. The Morgan fingerprint density at radius 2 is 1.86 bits per heavy atom. The van der Waals surface area contributed by atoms with Gasteiger partial charge in [-0.05, 0) is 17.7 Å². The van der Waals surface area contributed by atoms with Crippen LogP contribution in [0.2, 0.25) is 0 Å². The van der Waals surface area contributed by atoms with E-state index in [1.807, 2.05) is 30.3 Å². The average Bonchev–Trinajstić information content (AvgIpc) is 3.16. The summed E-state index contributed by atoms with van der Waals surface area (Å²) in [6.07, 6.45) is 0.536. The number of aromatic nitrogens is 2. The van der Waals surface area contributed by atoms with Crippen LogP contribution in [0.3, 0.4) is 0 Å². The lowest BCUT2D eigenvalue weighted by Gasteiger charge is -2.27. The second-order valence-electron chi connectivity index (χ2n) is 6.65. The van der Waals surface area contributed by atoms with E-state index in [2.05, 4.69) is 15.5 Å². The van der Waals surface area contributed by atoms with E-state index in [9.17, 15) is 14.0 Å². The van der Waals surface area contributed by atoms with E-state index >= 15 is 0 Å². The van der Waals surface area contributed by atoms with Crippen molar-refractivity contribution in [1.29, 1.82) is 0 Å². The number of hydrogen-bond donors (Lipinski definition) is 2. The highest BCUT2D eigenvalue weighted by molar-refractivity contribution is 5.96. The number of aromatic amines is 1. The van der Waals surface area contributed by atoms with Crippen molar-refractivity contribution in [3.8, 4) is 0 Å². The second-order valence-corrected chi connectivity index (χ2v) is 6.65. The molecule has 4 rings (SSSR count). The van der Waals surface area contributed by atoms with Gasteiger partial charge in [0.2, 0.25) is 0 Å². The number of fused-ring (bicyclic) bond motifs is 1. The maximum atomic E-state index is 14.0. The lowest BCUT2D eigenvalue weighted by Crippen LogP contribution is -2.37. The third-order valence-corrected chi connectivity index (χ3v) is 4.84. The fourth-order valence-corrected chi connectivity index (χ4v) is 3.32. The third kappa shape index (κ3) is 3.51. The summed E-state index contributed by atoms with van der Waals surface area (Å²) in [5, 5.41) is 9.89. The molecular formula is C21H19FN4O2. The summed E-state index contributed by atoms with van der Waals surface area (Å²) < 4.78 is 14.0. The van der Waals surface area contributed by atoms with Gasteiger partial charge in [-0.1, -0.05) is 42.5 Å². The smallest absolute Gasteiger partial charge is 0.272 e. The van der Waals surface area contributed by atoms with Gasteiger partial charge < -0.3 is 10.2 Å². The molecule has 2 amide bonds. The lowest BCUT2D eigenvalue weighted by molar-refractivity contribution is 0.0726. The van der Waals surface area contributed by atoms with Crippen LogP contribution in [0.5, 0.6) is 0 Å². The van der Waals surface area contributed by atoms with Gasteiger partial charge in [0.15, 0.2) is 5.69 Å². The van der Waals surface area contributed by atoms with Crippen molar-refractivity contribution in [2.75, 3.05) is 6.54 Å². The molecule has 3 aromatic rings. The maximum Gasteiger partial charge on any atom is 0.272 e. The largest absolute Gasteiger partial charge is 0.347 e. The second kappa shape index (κ2) is 7.64. The fourth-order valence-electron chi connectivity index (χ4n) is 3.32. The van der Waals surface area contributed by atoms with E-state index in [4.69, 9.17) is 0 Å². The van der Waals surface area contributed by atoms with Gasteiger partial charge in [0.05, 0.1) is 12.1 Å². The number of rotatable bonds is 4. The summed E-state index contributed by atoms with van der Waals surface area (Å²) in [5.41, 5.74) is 2.81. The quantitative estimate of drug-likeness (QED) is 0.733. The molecule has 0 fully saturated rings. The number of halogens is 1. The number of benzene rings is 2. The zero-order valence-electron chi connectivity index (χ0n) is 15.1. The van der Waals surface area contributed by atoms with Crippen LogP contribution in [0.15, 0.2) is 54.6 Å². The van der Waals surface area contributed by atoms with Crippen LogP contribution in [-0.2, 0) is 19.5 Å². The first-order valence-electron chi connectivity index (χ1n) is 9.05. The molecule has 0 saturated heterocycles. The highest BCUT2D eigenvalue weighted by Gasteiger charge is 2.29. The first-order chi connectivity index (χ1) is 13.6. The Balaban J connectivity index is 1.49. The highest BCUT2D eigenvalue weighted by Crippen LogP contribution is 2.22. The SMILES string of the molecule is O=C(NCc1ccccc1)c1n[nH]c2c1CN(C(=O)c1ccccc1F)CC2. The van der Waals surface area contributed by atoms with Crippen molar-refractivity contribution in [2.45, 2.75) is 19.5 Å². The predicted octanol–water partition coefficient (Wildman–Crippen LogP) is 2.68. The molecule has 142 valence electrons. The van der Waals surface area contributed by atoms with Gasteiger partial charge in [-0.3, -0.25) is 14.7 Å². The zero-order valence-corrected chi connectivity index (χ0v) is 15.1. The molecule has 7 heteroatoms. The van der Waals surface area contributed by atoms with Crippen LogP contribution in [0.25, 0.3) is 0 Å². The predicted molar refractivity (Wildman–Crippen MR) is 101 cm³/mol. The Bertz CT molecular complexity index is 1020. The van der Waals surface area contributed by atoms with E-state index in [-0.39, 0.29) is 29.6 Å². The van der Waals surface area contributed by atoms with E-state index < -0.39 is 5.82 Å². The van der Waals surface area contributed by atoms with Crippen molar-refractivity contribution < 1.29 is 14.0 Å². The van der Waals surface area contributed by atoms with E-state index in [1.54, 1.807) is 17.0 Å². The fraction of sp³-hybridized carbons (Fsp3) is 0.190. The summed E-state index contributed by atoms with van der Waals surface area (Å²) in [7, 11) is 0. The molecular weight excluding hydrogens is 359 g/mol. The topological polar surface area (TPSA) is 78.1 Å². The number of nitrogens with zero attached hydrogens (tertiary/aromatic N) is 2. The molecule has 2 N–H and O–H groups in total. The Morgan fingerprint density at radius 1 is 1.11 bits per heavy atom. The molecule has 0 spiro atoms. The maximum absolute atomic E-state index is 14.0. The molecule has 0 unspecified atom stereocenters. The van der Waals surface area contributed by atoms with Gasteiger partial charge in [0.1, 0.15) is 5.82 Å². The van der Waals surface area contributed by atoms with Gasteiger partial charge in [-0.25, -0.2) is 4.39 Å². The molecule has 1 aliphatic heterocycles. The van der Waals surface area contributed by atoms with E-state index in [1.165, 1.54) is 12.1 Å². The monoisotopic (exact) mass is 378 g/mol. The molecule has 2 aromatic carbocycles. The number of carbonyl (C=O) groups excluding carboxylic acids is 2. The Labute approximate surface area is 161 Å². The molecule has 0 bridgehead atoms. The Hall–Kier alpha value is -3.48. The van der Waals surface area contributed by atoms with Crippen LogP contribution in [0.1, 0.15) is 37.7 Å². The van der Waals surface area contributed by atoms with Crippen molar-refractivity contribution in [3.63, 3.8) is 0 Å². The molecule has 1 aliphatic rings. The molecule has 2 heterocycles. The number of hydrogen-bond acceptors (Lipinski definition) is 3. The van der Waals surface area contributed by atoms with Crippen LogP contribution in [0.4, 0.5) is 4.39 Å². The molecule has 1 aromatic heterocycles. The third-order valence-electron chi connectivity index (χ3n) is 4.84. The van der Waals surface area contributed by atoms with Crippen LogP contribution < -0.4 is 5.32 Å². The van der Waals surface area contributed by atoms with E-state index in [0.29, 0.717) is 25.1 Å². The number of H-pyrrole nitrogens is 1. The van der Waals surface area contributed by atoms with Gasteiger partial charge in [0.25, 0.3) is 11.8 Å². The van der Waals surface area contributed by atoms with E-state index in [0.717, 1.165) is 11.3 Å². The minimum absolute atomic E-state index is 0.0320. The Morgan fingerprint density at radius 3 is 2.64 bits per heavy atom. The number of nitrogens with one attached hydrogen (secondary N) is 2. The molecule has 28 heavy (non-hydrogen) atoms. The molecule has 0 radical (unpaired) electrons. The Kier molecular flexibility index (Phi) is 4.89. The molecule has 6 nitrogen and oxygen atoms in total. The van der Waals surface area contributed by atoms with Gasteiger partial charge in [0, 0.05) is 30.8 Å². The summed E-state index contributed by atoms with van der Waals surface area (Å²) in [6, 6.07) is 15.5. The first-order valence-corrected chi connectivity index (χ1v) is 9.05. The summed E-state index contributed by atoms with van der Waals surface area (Å²) in [5.74, 6) is -1.24. The number of amides is 2. The van der Waals surface area contributed by atoms with Crippen molar-refractivity contribution >= 4 is 11.8 Å². The summed E-state index contributed by atoms with van der Waals surface area (Å²) >= 11 is 0. The van der Waals surface area contributed by atoms with Crippen LogP contribution >= 0.6 is 0 Å². The van der Waals surface area contributed by atoms with Gasteiger partial charge in [-0.15, -0.1) is 0 Å². The lowest BCUT2D eigenvalue weighted by atomic mass is 10.0. The van der Waals surface area contributed by atoms with Crippen LogP contribution in [-0.4, -0.2) is 33.5 Å². The minimum Gasteiger partial charge on any atom is -0.347 e. The zero-order chi connectivity index (χ0) is 19.5. The normalized spacial score (nSPS) is 13.1. The summed E-state index contributed by atoms with van der Waals surface area (Å²) in [6.45, 7) is 1.04.